The van der Waals surface area contributed by atoms with Gasteiger partial charge in [-0.1, -0.05) is 28.6 Å². The zero-order chi connectivity index (χ0) is 13.5. The number of nitrogens with one attached hydrogen (secondary N) is 2. The smallest absolute Gasteiger partial charge is 0.254 e. The van der Waals surface area contributed by atoms with Gasteiger partial charge in [0.2, 0.25) is 0 Å². The van der Waals surface area contributed by atoms with Gasteiger partial charge in [-0.15, -0.1) is 0 Å². The highest BCUT2D eigenvalue weighted by molar-refractivity contribution is 6.41. The van der Waals surface area contributed by atoms with Crippen molar-refractivity contribution in [1.82, 2.24) is 15.7 Å². The minimum Gasteiger partial charge on any atom is -0.352 e. The number of halogens is 2. The minimum absolute atomic E-state index is 0.0774. The second-order valence-corrected chi connectivity index (χ2v) is 3.95. The van der Waals surface area contributed by atoms with Crippen LogP contribution in [-0.2, 0) is 6.54 Å². The molecule has 0 saturated carbocycles. The second kappa shape index (κ2) is 6.97. The SMILES string of the molecule is CCNC(=NCc1cnc(Cl)c(Cl)c1)N[N+](=O)[O-]. The number of rotatable bonds is 4. The molecule has 1 rings (SSSR count). The van der Waals surface area contributed by atoms with Gasteiger partial charge in [0.25, 0.3) is 5.96 Å². The lowest BCUT2D eigenvalue weighted by Crippen LogP contribution is -2.40. The maximum absolute atomic E-state index is 10.3. The summed E-state index contributed by atoms with van der Waals surface area (Å²) in [5, 5.41) is 12.9. The molecule has 9 heteroatoms. The molecule has 0 aliphatic carbocycles. The van der Waals surface area contributed by atoms with Gasteiger partial charge in [0.15, 0.2) is 5.03 Å². The predicted octanol–water partition coefficient (Wildman–Crippen LogP) is 1.64. The van der Waals surface area contributed by atoms with Crippen molar-refractivity contribution in [2.24, 2.45) is 4.99 Å². The number of hydrogen-bond donors (Lipinski definition) is 2. The summed E-state index contributed by atoms with van der Waals surface area (Å²) in [5.41, 5.74) is 2.66. The van der Waals surface area contributed by atoms with Crippen LogP contribution in [-0.4, -0.2) is 22.5 Å². The number of aliphatic imine (C=N–C) groups is 1. The van der Waals surface area contributed by atoms with Gasteiger partial charge in [0.05, 0.1) is 11.6 Å². The van der Waals surface area contributed by atoms with E-state index in [4.69, 9.17) is 23.2 Å². The van der Waals surface area contributed by atoms with Crippen molar-refractivity contribution in [3.8, 4) is 0 Å². The zero-order valence-electron chi connectivity index (χ0n) is 9.48. The fourth-order valence-electron chi connectivity index (χ4n) is 1.10. The molecule has 0 aliphatic heterocycles. The highest BCUT2D eigenvalue weighted by Crippen LogP contribution is 2.19. The number of nitrogens with zero attached hydrogens (tertiary/aromatic N) is 3. The predicted molar refractivity (Wildman–Crippen MR) is 69.2 cm³/mol. The lowest BCUT2D eigenvalue weighted by atomic mass is 10.3. The van der Waals surface area contributed by atoms with Crippen molar-refractivity contribution >= 4 is 29.2 Å². The summed E-state index contributed by atoms with van der Waals surface area (Å²) < 4.78 is 0. The molecule has 0 amide bonds. The van der Waals surface area contributed by atoms with Crippen LogP contribution in [0.2, 0.25) is 10.2 Å². The number of pyridine rings is 1. The molecule has 0 unspecified atom stereocenters. The molecule has 2 N–H and O–H groups in total. The molecule has 0 fully saturated rings. The molecule has 0 saturated heterocycles. The Morgan fingerprint density at radius 3 is 2.89 bits per heavy atom. The third kappa shape index (κ3) is 4.72. The average Bonchev–Trinajstić information content (AvgIpc) is 2.30. The van der Waals surface area contributed by atoms with Crippen LogP contribution in [0.1, 0.15) is 12.5 Å². The highest BCUT2D eigenvalue weighted by atomic mass is 35.5. The Bertz CT molecular complexity index is 466. The van der Waals surface area contributed by atoms with E-state index in [0.717, 1.165) is 0 Å². The summed E-state index contributed by atoms with van der Waals surface area (Å²) in [4.78, 5) is 18.2. The van der Waals surface area contributed by atoms with Gasteiger partial charge in [-0.2, -0.15) is 0 Å². The molecule has 1 heterocycles. The van der Waals surface area contributed by atoms with E-state index in [9.17, 15) is 10.1 Å². The number of guanidine groups is 1. The van der Waals surface area contributed by atoms with E-state index >= 15 is 0 Å². The number of hydrazine groups is 1. The molecule has 0 aromatic carbocycles. The van der Waals surface area contributed by atoms with Gasteiger partial charge in [-0.05, 0) is 18.6 Å². The van der Waals surface area contributed by atoms with Crippen LogP contribution in [0.4, 0.5) is 0 Å². The first-order valence-electron chi connectivity index (χ1n) is 5.02. The fraction of sp³-hybridized carbons (Fsp3) is 0.333. The van der Waals surface area contributed by atoms with Gasteiger partial charge in [-0.25, -0.2) is 20.1 Å². The summed E-state index contributed by atoms with van der Waals surface area (Å²) in [6.07, 6.45) is 1.51. The van der Waals surface area contributed by atoms with Crippen molar-refractivity contribution in [2.75, 3.05) is 6.54 Å². The Balaban J connectivity index is 2.74. The summed E-state index contributed by atoms with van der Waals surface area (Å²) in [5.74, 6) is 0.0774. The Morgan fingerprint density at radius 1 is 1.61 bits per heavy atom. The van der Waals surface area contributed by atoms with Gasteiger partial charge < -0.3 is 5.32 Å². The average molecular weight is 292 g/mol. The Morgan fingerprint density at radius 2 is 2.33 bits per heavy atom. The van der Waals surface area contributed by atoms with Crippen LogP contribution in [0, 0.1) is 10.1 Å². The zero-order valence-corrected chi connectivity index (χ0v) is 11.0. The van der Waals surface area contributed by atoms with E-state index in [0.29, 0.717) is 17.1 Å². The van der Waals surface area contributed by atoms with E-state index in [-0.39, 0.29) is 17.7 Å². The van der Waals surface area contributed by atoms with Crippen molar-refractivity contribution in [3.63, 3.8) is 0 Å². The first-order chi connectivity index (χ1) is 8.52. The maximum Gasteiger partial charge on any atom is 0.254 e. The standard InChI is InChI=1S/C9H11Cl2N5O2/c1-2-12-9(15-16(17)18)14-5-6-3-7(10)8(11)13-4-6/h3-4H,2,5H2,1H3,(H2,12,14,15). The summed E-state index contributed by atoms with van der Waals surface area (Å²) in [7, 11) is 0. The molecule has 7 nitrogen and oxygen atoms in total. The lowest BCUT2D eigenvalue weighted by Gasteiger charge is -2.04. The molecule has 98 valence electrons. The van der Waals surface area contributed by atoms with Crippen molar-refractivity contribution in [2.45, 2.75) is 13.5 Å². The van der Waals surface area contributed by atoms with Gasteiger partial charge >= 0.3 is 0 Å². The van der Waals surface area contributed by atoms with Crippen LogP contribution in [0.3, 0.4) is 0 Å². The molecular weight excluding hydrogens is 281 g/mol. The Hall–Kier alpha value is -1.60. The number of aromatic nitrogens is 1. The quantitative estimate of drug-likeness (QED) is 0.289. The van der Waals surface area contributed by atoms with E-state index in [1.807, 2.05) is 5.43 Å². The molecular formula is C9H11Cl2N5O2. The topological polar surface area (TPSA) is 92.5 Å². The number of hydrogen-bond acceptors (Lipinski definition) is 4. The normalized spacial score (nSPS) is 11.2. The van der Waals surface area contributed by atoms with Crippen molar-refractivity contribution in [3.05, 3.63) is 38.1 Å². The first kappa shape index (κ1) is 14.5. The molecule has 0 atom stereocenters. The highest BCUT2D eigenvalue weighted by Gasteiger charge is 2.04. The molecule has 1 aromatic heterocycles. The first-order valence-corrected chi connectivity index (χ1v) is 5.77. The molecule has 0 aliphatic rings. The summed E-state index contributed by atoms with van der Waals surface area (Å²) in [6, 6.07) is 1.61. The Kier molecular flexibility index (Phi) is 5.60. The van der Waals surface area contributed by atoms with Crippen LogP contribution in [0.15, 0.2) is 17.3 Å². The minimum atomic E-state index is -0.686. The van der Waals surface area contributed by atoms with E-state index in [1.165, 1.54) is 6.20 Å². The van der Waals surface area contributed by atoms with Crippen LogP contribution in [0.25, 0.3) is 0 Å². The Labute approximate surface area is 113 Å². The van der Waals surface area contributed by atoms with E-state index in [1.54, 1.807) is 13.0 Å². The van der Waals surface area contributed by atoms with E-state index < -0.39 is 5.03 Å². The van der Waals surface area contributed by atoms with Crippen molar-refractivity contribution in [1.29, 1.82) is 0 Å². The molecule has 0 radical (unpaired) electrons. The lowest BCUT2D eigenvalue weighted by molar-refractivity contribution is -0.525. The summed E-state index contributed by atoms with van der Waals surface area (Å²) >= 11 is 11.5. The maximum atomic E-state index is 10.3. The van der Waals surface area contributed by atoms with Crippen LogP contribution >= 0.6 is 23.2 Å². The third-order valence-corrected chi connectivity index (χ3v) is 2.50. The van der Waals surface area contributed by atoms with Crippen LogP contribution < -0.4 is 10.7 Å². The van der Waals surface area contributed by atoms with Gasteiger partial charge in [0.1, 0.15) is 5.15 Å². The van der Waals surface area contributed by atoms with Crippen LogP contribution in [0.5, 0.6) is 0 Å². The molecule has 18 heavy (non-hydrogen) atoms. The van der Waals surface area contributed by atoms with E-state index in [2.05, 4.69) is 15.3 Å². The summed E-state index contributed by atoms with van der Waals surface area (Å²) in [6.45, 7) is 2.52. The molecule has 1 aromatic rings. The third-order valence-electron chi connectivity index (χ3n) is 1.81. The number of nitro groups is 1. The second-order valence-electron chi connectivity index (χ2n) is 3.18. The van der Waals surface area contributed by atoms with Gasteiger partial charge in [0, 0.05) is 12.7 Å². The van der Waals surface area contributed by atoms with Crippen molar-refractivity contribution < 1.29 is 5.03 Å². The van der Waals surface area contributed by atoms with Gasteiger partial charge in [-0.3, -0.25) is 0 Å². The fourth-order valence-corrected chi connectivity index (χ4v) is 1.39. The largest absolute Gasteiger partial charge is 0.352 e. The molecule has 0 spiro atoms. The monoisotopic (exact) mass is 291 g/mol. The molecule has 0 bridgehead atoms.